The van der Waals surface area contributed by atoms with Gasteiger partial charge < -0.3 is 9.88 Å². The summed E-state index contributed by atoms with van der Waals surface area (Å²) >= 11 is 0. The number of carbonyl (C=O) groups excluding carboxylic acids is 1. The number of pyridine rings is 1. The molecule has 1 aliphatic rings. The third kappa shape index (κ3) is 3.19. The third-order valence-corrected chi connectivity index (χ3v) is 5.50. The Morgan fingerprint density at radius 1 is 1.18 bits per heavy atom. The van der Waals surface area contributed by atoms with E-state index in [1.54, 1.807) is 17.0 Å². The lowest BCUT2D eigenvalue weighted by Crippen LogP contribution is -2.38. The number of rotatable bonds is 3. The lowest BCUT2D eigenvalue weighted by Gasteiger charge is -2.25. The number of aryl methyl sites for hydroxylation is 1. The second-order valence-corrected chi connectivity index (χ2v) is 7.23. The topological polar surface area (TPSA) is 53.2 Å². The van der Waals surface area contributed by atoms with Crippen molar-refractivity contribution < 1.29 is 13.6 Å². The van der Waals surface area contributed by atoms with Crippen LogP contribution in [0.3, 0.4) is 0 Å². The number of likely N-dealkylation sites (tertiary alicyclic amines) is 1. The maximum Gasteiger partial charge on any atom is 0.270 e. The molecular weight excluding hydrogens is 362 g/mol. The smallest absolute Gasteiger partial charge is 0.270 e. The maximum atomic E-state index is 14.0. The number of fused-ring (bicyclic) bond motifs is 1. The van der Waals surface area contributed by atoms with Gasteiger partial charge in [-0.2, -0.15) is 0 Å². The van der Waals surface area contributed by atoms with Crippen molar-refractivity contribution in [2.75, 3.05) is 6.54 Å². The van der Waals surface area contributed by atoms with Gasteiger partial charge in [0.05, 0.1) is 0 Å². The van der Waals surface area contributed by atoms with Gasteiger partial charge in [-0.15, -0.1) is 0 Å². The third-order valence-electron chi connectivity index (χ3n) is 5.50. The number of nitrogens with zero attached hydrogens (tertiary/aromatic N) is 1. The number of aromatic amines is 1. The van der Waals surface area contributed by atoms with E-state index in [2.05, 4.69) is 4.98 Å². The Morgan fingerprint density at radius 3 is 2.71 bits per heavy atom. The first-order valence-corrected chi connectivity index (χ1v) is 9.32. The minimum Gasteiger partial charge on any atom is -0.334 e. The number of hydrogen-bond acceptors (Lipinski definition) is 2. The molecule has 1 aromatic heterocycles. The SMILES string of the molecule is Cc1c(C(=O)N2CCCC2Cc2cc(F)ccc2F)[nH]c(=O)c2ccccc12. The zero-order valence-electron chi connectivity index (χ0n) is 15.5. The molecule has 1 unspecified atom stereocenters. The van der Waals surface area contributed by atoms with Crippen molar-refractivity contribution in [3.63, 3.8) is 0 Å². The molecule has 4 nitrogen and oxygen atoms in total. The number of aromatic nitrogens is 1. The van der Waals surface area contributed by atoms with Crippen LogP contribution in [-0.2, 0) is 6.42 Å². The van der Waals surface area contributed by atoms with Crippen LogP contribution in [0.15, 0.2) is 47.3 Å². The van der Waals surface area contributed by atoms with E-state index in [9.17, 15) is 18.4 Å². The maximum absolute atomic E-state index is 14.0. The molecule has 1 fully saturated rings. The van der Waals surface area contributed by atoms with Crippen LogP contribution in [0.4, 0.5) is 8.78 Å². The first-order chi connectivity index (χ1) is 13.5. The number of hydrogen-bond donors (Lipinski definition) is 1. The average molecular weight is 382 g/mol. The van der Waals surface area contributed by atoms with Gasteiger partial charge in [0.2, 0.25) is 0 Å². The fourth-order valence-corrected chi connectivity index (χ4v) is 4.04. The van der Waals surface area contributed by atoms with E-state index >= 15 is 0 Å². The summed E-state index contributed by atoms with van der Waals surface area (Å²) in [7, 11) is 0. The zero-order chi connectivity index (χ0) is 19.8. The lowest BCUT2D eigenvalue weighted by molar-refractivity contribution is 0.0729. The lowest BCUT2D eigenvalue weighted by atomic mass is 10.0. The Morgan fingerprint density at radius 2 is 1.93 bits per heavy atom. The number of carbonyl (C=O) groups is 1. The number of amides is 1. The Labute approximate surface area is 160 Å². The second-order valence-electron chi connectivity index (χ2n) is 7.23. The van der Waals surface area contributed by atoms with Crippen molar-refractivity contribution in [3.8, 4) is 0 Å². The van der Waals surface area contributed by atoms with Gasteiger partial charge in [-0.1, -0.05) is 18.2 Å². The summed E-state index contributed by atoms with van der Waals surface area (Å²) < 4.78 is 27.5. The van der Waals surface area contributed by atoms with Gasteiger partial charge in [0.15, 0.2) is 0 Å². The van der Waals surface area contributed by atoms with Crippen LogP contribution in [0.2, 0.25) is 0 Å². The molecule has 1 N–H and O–H groups in total. The van der Waals surface area contributed by atoms with Crippen LogP contribution >= 0.6 is 0 Å². The highest BCUT2D eigenvalue weighted by molar-refractivity contribution is 5.99. The highest BCUT2D eigenvalue weighted by atomic mass is 19.1. The second kappa shape index (κ2) is 7.19. The van der Waals surface area contributed by atoms with Crippen molar-refractivity contribution in [2.24, 2.45) is 0 Å². The van der Waals surface area contributed by atoms with Gasteiger partial charge in [-0.05, 0) is 67.0 Å². The Hall–Kier alpha value is -3.02. The summed E-state index contributed by atoms with van der Waals surface area (Å²) in [6.07, 6.45) is 1.73. The molecule has 6 heteroatoms. The molecule has 4 rings (SSSR count). The average Bonchev–Trinajstić information content (AvgIpc) is 3.15. The Kier molecular flexibility index (Phi) is 4.71. The van der Waals surface area contributed by atoms with Gasteiger partial charge in [-0.25, -0.2) is 8.78 Å². The minimum atomic E-state index is -0.498. The molecule has 0 aliphatic carbocycles. The van der Waals surface area contributed by atoms with Crippen molar-refractivity contribution >= 4 is 16.7 Å². The molecule has 0 saturated carbocycles. The number of halogens is 2. The largest absolute Gasteiger partial charge is 0.334 e. The Balaban J connectivity index is 1.67. The number of H-pyrrole nitrogens is 1. The van der Waals surface area contributed by atoms with Gasteiger partial charge in [-0.3, -0.25) is 9.59 Å². The van der Waals surface area contributed by atoms with Crippen LogP contribution < -0.4 is 5.56 Å². The molecule has 1 aliphatic heterocycles. The molecule has 2 heterocycles. The quantitative estimate of drug-likeness (QED) is 0.745. The number of nitrogens with one attached hydrogen (secondary N) is 1. The molecule has 144 valence electrons. The fraction of sp³-hybridized carbons (Fsp3) is 0.273. The van der Waals surface area contributed by atoms with E-state index in [0.717, 1.165) is 23.9 Å². The van der Waals surface area contributed by atoms with Gasteiger partial charge in [0, 0.05) is 18.0 Å². The molecule has 2 aromatic carbocycles. The van der Waals surface area contributed by atoms with Crippen LogP contribution in [0.5, 0.6) is 0 Å². The van der Waals surface area contributed by atoms with E-state index in [4.69, 9.17) is 0 Å². The van der Waals surface area contributed by atoms with Crippen LogP contribution in [-0.4, -0.2) is 28.4 Å². The monoisotopic (exact) mass is 382 g/mol. The van der Waals surface area contributed by atoms with Crippen molar-refractivity contribution in [1.29, 1.82) is 0 Å². The summed E-state index contributed by atoms with van der Waals surface area (Å²) in [4.78, 5) is 30.0. The Bertz CT molecular complexity index is 1120. The molecule has 0 spiro atoms. The first kappa shape index (κ1) is 18.3. The summed E-state index contributed by atoms with van der Waals surface area (Å²) in [5, 5.41) is 1.28. The summed E-state index contributed by atoms with van der Waals surface area (Å²) in [6, 6.07) is 10.3. The van der Waals surface area contributed by atoms with Gasteiger partial charge in [0.25, 0.3) is 11.5 Å². The van der Waals surface area contributed by atoms with E-state index in [-0.39, 0.29) is 35.2 Å². The van der Waals surface area contributed by atoms with Crippen molar-refractivity contribution in [3.05, 3.63) is 81.3 Å². The van der Waals surface area contributed by atoms with Crippen LogP contribution in [0, 0.1) is 18.6 Å². The molecule has 0 bridgehead atoms. The molecule has 1 saturated heterocycles. The van der Waals surface area contributed by atoms with Gasteiger partial charge >= 0.3 is 0 Å². The molecule has 3 aromatic rings. The van der Waals surface area contributed by atoms with E-state index in [1.807, 2.05) is 19.1 Å². The highest BCUT2D eigenvalue weighted by Crippen LogP contribution is 2.26. The normalized spacial score (nSPS) is 16.7. The first-order valence-electron chi connectivity index (χ1n) is 9.32. The molecule has 1 amide bonds. The molecular formula is C22H20F2N2O2. The summed E-state index contributed by atoms with van der Waals surface area (Å²) in [6.45, 7) is 2.33. The standard InChI is InChI=1S/C22H20F2N2O2/c1-13-17-6-2-3-7-18(17)21(27)25-20(13)22(28)26-10-4-5-16(26)12-14-11-15(23)8-9-19(14)24/h2-3,6-9,11,16H,4-5,10,12H2,1H3,(H,25,27). The van der Waals surface area contributed by atoms with Crippen molar-refractivity contribution in [1.82, 2.24) is 9.88 Å². The van der Waals surface area contributed by atoms with Crippen LogP contribution in [0.1, 0.15) is 34.5 Å². The van der Waals surface area contributed by atoms with Crippen LogP contribution in [0.25, 0.3) is 10.8 Å². The van der Waals surface area contributed by atoms with E-state index in [1.165, 1.54) is 6.07 Å². The highest BCUT2D eigenvalue weighted by Gasteiger charge is 2.31. The molecule has 0 radical (unpaired) electrons. The van der Waals surface area contributed by atoms with E-state index in [0.29, 0.717) is 23.9 Å². The minimum absolute atomic E-state index is 0.238. The van der Waals surface area contributed by atoms with E-state index < -0.39 is 11.6 Å². The summed E-state index contributed by atoms with van der Waals surface area (Å²) in [5.41, 5.74) is 0.919. The zero-order valence-corrected chi connectivity index (χ0v) is 15.5. The predicted molar refractivity (Wildman–Crippen MR) is 103 cm³/mol. The van der Waals surface area contributed by atoms with Gasteiger partial charge in [0.1, 0.15) is 17.3 Å². The molecule has 28 heavy (non-hydrogen) atoms. The molecule has 1 atom stereocenters. The van der Waals surface area contributed by atoms with Crippen molar-refractivity contribution in [2.45, 2.75) is 32.2 Å². The summed E-state index contributed by atoms with van der Waals surface area (Å²) in [5.74, 6) is -1.25. The number of benzene rings is 2. The predicted octanol–water partition coefficient (Wildman–Crippen LogP) is 3.96. The fourth-order valence-electron chi connectivity index (χ4n) is 4.04.